The lowest BCUT2D eigenvalue weighted by Crippen LogP contribution is -1.98. The number of aryl methyl sites for hydroxylation is 1. The van der Waals surface area contributed by atoms with Gasteiger partial charge in [0.25, 0.3) is 0 Å². The third-order valence-electron chi connectivity index (χ3n) is 2.61. The maximum atomic E-state index is 4.42. The van der Waals surface area contributed by atoms with Gasteiger partial charge in [0.1, 0.15) is 24.8 Å². The molecule has 0 aliphatic heterocycles. The summed E-state index contributed by atoms with van der Waals surface area (Å²) in [6, 6.07) is 2.04. The van der Waals surface area contributed by atoms with Crippen LogP contribution in [0.2, 0.25) is 0 Å². The fraction of sp³-hybridized carbons (Fsp3) is 0.0833. The van der Waals surface area contributed by atoms with Gasteiger partial charge in [0.2, 0.25) is 0 Å². The van der Waals surface area contributed by atoms with Crippen LogP contribution >= 0.6 is 0 Å². The minimum Gasteiger partial charge on any atom is -0.272 e. The molecule has 3 heterocycles. The average Bonchev–Trinajstić information content (AvgIpc) is 2.93. The van der Waals surface area contributed by atoms with Crippen molar-refractivity contribution in [1.29, 1.82) is 0 Å². The second kappa shape index (κ2) is 4.33. The van der Waals surface area contributed by atoms with Gasteiger partial charge in [-0.25, -0.2) is 15.0 Å². The van der Waals surface area contributed by atoms with Crippen LogP contribution in [0.3, 0.4) is 0 Å². The van der Waals surface area contributed by atoms with Gasteiger partial charge in [0.15, 0.2) is 0 Å². The lowest BCUT2D eigenvalue weighted by molar-refractivity contribution is 0.973. The van der Waals surface area contributed by atoms with E-state index in [1.807, 2.05) is 13.0 Å². The van der Waals surface area contributed by atoms with E-state index in [4.69, 9.17) is 0 Å². The van der Waals surface area contributed by atoms with Gasteiger partial charge in [0, 0.05) is 29.7 Å². The Labute approximate surface area is 103 Å². The third kappa shape index (κ3) is 1.84. The van der Waals surface area contributed by atoms with Crippen LogP contribution in [0.25, 0.3) is 16.9 Å². The molecule has 0 aromatic carbocycles. The van der Waals surface area contributed by atoms with Gasteiger partial charge in [0.05, 0.1) is 0 Å². The maximum Gasteiger partial charge on any atom is 0.142 e. The molecule has 0 unspecified atom stereocenters. The zero-order valence-corrected chi connectivity index (χ0v) is 9.72. The van der Waals surface area contributed by atoms with Gasteiger partial charge >= 0.3 is 0 Å². The van der Waals surface area contributed by atoms with Crippen molar-refractivity contribution in [2.75, 3.05) is 0 Å². The summed E-state index contributed by atoms with van der Waals surface area (Å²) in [6.45, 7) is 2.00. The molecule has 6 heteroatoms. The molecule has 0 saturated carbocycles. The first-order valence-corrected chi connectivity index (χ1v) is 5.41. The highest BCUT2D eigenvalue weighted by Gasteiger charge is 2.05. The quantitative estimate of drug-likeness (QED) is 0.675. The normalized spacial score (nSPS) is 10.5. The topological polar surface area (TPSA) is 69.4 Å². The Morgan fingerprint density at radius 2 is 1.67 bits per heavy atom. The highest BCUT2D eigenvalue weighted by Crippen LogP contribution is 2.20. The van der Waals surface area contributed by atoms with Gasteiger partial charge in [-0.3, -0.25) is 4.57 Å². The van der Waals surface area contributed by atoms with E-state index in [9.17, 15) is 0 Å². The minimum absolute atomic E-state index is 0.820. The fourth-order valence-corrected chi connectivity index (χ4v) is 1.75. The summed E-state index contributed by atoms with van der Waals surface area (Å²) in [7, 11) is 0. The molecule has 0 N–H and O–H groups in total. The highest BCUT2D eigenvalue weighted by molar-refractivity contribution is 5.62. The maximum absolute atomic E-state index is 4.42. The molecule has 0 atom stereocenters. The molecule has 0 saturated heterocycles. The first kappa shape index (κ1) is 10.5. The summed E-state index contributed by atoms with van der Waals surface area (Å²) in [6.07, 6.45) is 10.1. The van der Waals surface area contributed by atoms with Crippen molar-refractivity contribution in [2.24, 2.45) is 0 Å². The molecule has 0 amide bonds. The Bertz CT molecular complexity index is 648. The Morgan fingerprint density at radius 3 is 2.33 bits per heavy atom. The molecule has 3 rings (SSSR count). The predicted octanol–water partition coefficient (Wildman–Crippen LogP) is 1.43. The molecule has 6 nitrogen and oxygen atoms in total. The first-order valence-electron chi connectivity index (χ1n) is 5.41. The summed E-state index contributed by atoms with van der Waals surface area (Å²) in [5.41, 5.74) is 2.98. The van der Waals surface area contributed by atoms with Crippen LogP contribution in [0.4, 0.5) is 0 Å². The Balaban J connectivity index is 2.05. The summed E-state index contributed by atoms with van der Waals surface area (Å²) >= 11 is 0. The number of aromatic nitrogens is 6. The van der Waals surface area contributed by atoms with Crippen molar-refractivity contribution in [3.05, 3.63) is 49.2 Å². The average molecular weight is 238 g/mol. The second-order valence-electron chi connectivity index (χ2n) is 3.86. The number of nitrogens with zero attached hydrogens (tertiary/aromatic N) is 6. The molecule has 0 spiro atoms. The largest absolute Gasteiger partial charge is 0.272 e. The minimum atomic E-state index is 0.820. The lowest BCUT2D eigenvalue weighted by atomic mass is 10.1. The molecule has 0 radical (unpaired) electrons. The number of pyridine rings is 1. The fourth-order valence-electron chi connectivity index (χ4n) is 1.75. The van der Waals surface area contributed by atoms with Crippen LogP contribution in [-0.2, 0) is 0 Å². The molecule has 0 aliphatic rings. The van der Waals surface area contributed by atoms with Gasteiger partial charge in [-0.2, -0.15) is 0 Å². The Kier molecular flexibility index (Phi) is 2.53. The molecule has 3 aromatic rings. The molecule has 0 bridgehead atoms. The van der Waals surface area contributed by atoms with E-state index in [0.29, 0.717) is 0 Å². The van der Waals surface area contributed by atoms with Crippen molar-refractivity contribution < 1.29 is 0 Å². The van der Waals surface area contributed by atoms with E-state index in [1.54, 1.807) is 35.8 Å². The van der Waals surface area contributed by atoms with E-state index >= 15 is 0 Å². The van der Waals surface area contributed by atoms with E-state index < -0.39 is 0 Å². The summed E-state index contributed by atoms with van der Waals surface area (Å²) in [5, 5.41) is 7.55. The molecule has 0 fully saturated rings. The molecule has 3 aromatic heterocycles. The first-order chi connectivity index (χ1) is 8.84. The molecule has 88 valence electrons. The number of hydrogen-bond acceptors (Lipinski definition) is 5. The lowest BCUT2D eigenvalue weighted by Gasteiger charge is -2.07. The molecule has 18 heavy (non-hydrogen) atoms. The molecular weight excluding hydrogens is 228 g/mol. The van der Waals surface area contributed by atoms with Gasteiger partial charge in [-0.15, -0.1) is 10.2 Å². The van der Waals surface area contributed by atoms with E-state index in [0.717, 1.165) is 22.5 Å². The zero-order valence-electron chi connectivity index (χ0n) is 9.72. The molecule has 0 aliphatic carbocycles. The number of hydrogen-bond donors (Lipinski definition) is 0. The zero-order chi connectivity index (χ0) is 12.4. The van der Waals surface area contributed by atoms with Crippen LogP contribution in [0.5, 0.6) is 0 Å². The number of rotatable bonds is 2. The monoisotopic (exact) mass is 238 g/mol. The van der Waals surface area contributed by atoms with Crippen LogP contribution in [-0.4, -0.2) is 29.7 Å². The smallest absolute Gasteiger partial charge is 0.142 e. The summed E-state index contributed by atoms with van der Waals surface area (Å²) in [5.74, 6) is 0.820. The van der Waals surface area contributed by atoms with Crippen molar-refractivity contribution in [2.45, 2.75) is 6.92 Å². The van der Waals surface area contributed by atoms with E-state index in [2.05, 4.69) is 25.1 Å². The van der Waals surface area contributed by atoms with Crippen LogP contribution in [0.15, 0.2) is 43.6 Å². The van der Waals surface area contributed by atoms with E-state index in [1.165, 1.54) is 6.33 Å². The standard InChI is InChI=1S/C12H10N6/c1-9-2-10(11-3-13-6-14-4-11)5-15-12(9)18-7-16-17-8-18/h2-8H,1H3. The van der Waals surface area contributed by atoms with E-state index in [-0.39, 0.29) is 0 Å². The summed E-state index contributed by atoms with van der Waals surface area (Å²) < 4.78 is 1.78. The Morgan fingerprint density at radius 1 is 0.944 bits per heavy atom. The SMILES string of the molecule is Cc1cc(-c2cncnc2)cnc1-n1cnnc1. The third-order valence-corrected chi connectivity index (χ3v) is 2.61. The van der Waals surface area contributed by atoms with Gasteiger partial charge < -0.3 is 0 Å². The van der Waals surface area contributed by atoms with Crippen LogP contribution < -0.4 is 0 Å². The van der Waals surface area contributed by atoms with Crippen molar-refractivity contribution >= 4 is 0 Å². The highest BCUT2D eigenvalue weighted by atomic mass is 15.2. The van der Waals surface area contributed by atoms with Crippen LogP contribution in [0, 0.1) is 6.92 Å². The summed E-state index contributed by atoms with van der Waals surface area (Å²) in [4.78, 5) is 12.4. The van der Waals surface area contributed by atoms with Gasteiger partial charge in [-0.05, 0) is 18.6 Å². The second-order valence-corrected chi connectivity index (χ2v) is 3.86. The predicted molar refractivity (Wildman–Crippen MR) is 64.9 cm³/mol. The van der Waals surface area contributed by atoms with Crippen LogP contribution in [0.1, 0.15) is 5.56 Å². The van der Waals surface area contributed by atoms with Crippen molar-refractivity contribution in [1.82, 2.24) is 29.7 Å². The Hall–Kier alpha value is -2.63. The molecular formula is C12H10N6. The van der Waals surface area contributed by atoms with Crippen molar-refractivity contribution in [3.63, 3.8) is 0 Å². The van der Waals surface area contributed by atoms with Crippen molar-refractivity contribution in [3.8, 4) is 16.9 Å². The van der Waals surface area contributed by atoms with Gasteiger partial charge in [-0.1, -0.05) is 0 Å².